The number of benzene rings is 1. The van der Waals surface area contributed by atoms with Gasteiger partial charge in [0.1, 0.15) is 0 Å². The van der Waals surface area contributed by atoms with Gasteiger partial charge >= 0.3 is 0 Å². The molecule has 1 aromatic rings. The van der Waals surface area contributed by atoms with Crippen LogP contribution in [-0.2, 0) is 4.79 Å². The van der Waals surface area contributed by atoms with Crippen LogP contribution in [0.25, 0.3) is 0 Å². The largest absolute Gasteiger partial charge is 0.326 e. The second-order valence-corrected chi connectivity index (χ2v) is 7.26. The average molecular weight is 346 g/mol. The summed E-state index contributed by atoms with van der Waals surface area (Å²) in [6.07, 6.45) is 19.5. The van der Waals surface area contributed by atoms with Gasteiger partial charge in [0.05, 0.1) is 0 Å². The Kier molecular flexibility index (Phi) is 14.1. The monoisotopic (exact) mass is 345 g/mol. The van der Waals surface area contributed by atoms with Crippen LogP contribution in [0.2, 0.25) is 0 Å². The Morgan fingerprint density at radius 1 is 0.680 bits per heavy atom. The van der Waals surface area contributed by atoms with Crippen LogP contribution in [-0.4, -0.2) is 5.91 Å². The number of anilines is 1. The number of hydrogen-bond donors (Lipinski definition) is 1. The van der Waals surface area contributed by atoms with E-state index >= 15 is 0 Å². The number of amides is 1. The number of rotatable bonds is 16. The molecule has 0 bridgehead atoms. The van der Waals surface area contributed by atoms with E-state index in [1.807, 2.05) is 30.3 Å². The maximum absolute atomic E-state index is 11.8. The van der Waals surface area contributed by atoms with Gasteiger partial charge in [0, 0.05) is 12.1 Å². The van der Waals surface area contributed by atoms with Crippen molar-refractivity contribution in [2.24, 2.45) is 0 Å². The first kappa shape index (κ1) is 21.7. The van der Waals surface area contributed by atoms with Crippen LogP contribution < -0.4 is 5.32 Å². The third kappa shape index (κ3) is 13.6. The van der Waals surface area contributed by atoms with E-state index in [0.717, 1.165) is 12.1 Å². The SMILES string of the molecule is CCCCCCCCCCCCCCCCC(=O)Nc1ccccc1. The fraction of sp³-hybridized carbons (Fsp3) is 0.696. The minimum absolute atomic E-state index is 0.144. The smallest absolute Gasteiger partial charge is 0.224 e. The van der Waals surface area contributed by atoms with Gasteiger partial charge in [-0.25, -0.2) is 0 Å². The highest BCUT2D eigenvalue weighted by Crippen LogP contribution is 2.13. The Labute approximate surface area is 155 Å². The molecule has 1 aromatic carbocycles. The van der Waals surface area contributed by atoms with Crippen molar-refractivity contribution in [3.05, 3.63) is 30.3 Å². The van der Waals surface area contributed by atoms with E-state index in [-0.39, 0.29) is 5.91 Å². The fourth-order valence-corrected chi connectivity index (χ4v) is 3.23. The molecule has 0 aromatic heterocycles. The van der Waals surface area contributed by atoms with Gasteiger partial charge in [-0.3, -0.25) is 4.79 Å². The molecule has 2 heteroatoms. The molecule has 0 fully saturated rings. The van der Waals surface area contributed by atoms with E-state index in [1.54, 1.807) is 0 Å². The lowest BCUT2D eigenvalue weighted by molar-refractivity contribution is -0.116. The Hall–Kier alpha value is -1.31. The van der Waals surface area contributed by atoms with Crippen LogP contribution in [0.15, 0.2) is 30.3 Å². The van der Waals surface area contributed by atoms with Crippen LogP contribution in [0, 0.1) is 0 Å². The molecule has 0 saturated heterocycles. The fourth-order valence-electron chi connectivity index (χ4n) is 3.23. The minimum Gasteiger partial charge on any atom is -0.326 e. The van der Waals surface area contributed by atoms with Crippen molar-refractivity contribution in [1.29, 1.82) is 0 Å². The van der Waals surface area contributed by atoms with Crippen LogP contribution in [0.3, 0.4) is 0 Å². The van der Waals surface area contributed by atoms with Gasteiger partial charge in [-0.1, -0.05) is 109 Å². The summed E-state index contributed by atoms with van der Waals surface area (Å²) in [4.78, 5) is 11.8. The van der Waals surface area contributed by atoms with E-state index in [0.29, 0.717) is 6.42 Å². The maximum Gasteiger partial charge on any atom is 0.224 e. The lowest BCUT2D eigenvalue weighted by atomic mass is 10.0. The zero-order chi connectivity index (χ0) is 18.0. The lowest BCUT2D eigenvalue weighted by Gasteiger charge is -2.05. The number of para-hydroxylation sites is 1. The molecule has 0 heterocycles. The van der Waals surface area contributed by atoms with Gasteiger partial charge in [-0.05, 0) is 18.6 Å². The number of unbranched alkanes of at least 4 members (excludes halogenated alkanes) is 13. The lowest BCUT2D eigenvalue weighted by Crippen LogP contribution is -2.10. The van der Waals surface area contributed by atoms with E-state index in [2.05, 4.69) is 12.2 Å². The van der Waals surface area contributed by atoms with E-state index in [4.69, 9.17) is 0 Å². The first-order valence-electron chi connectivity index (χ1n) is 10.7. The molecule has 0 aliphatic rings. The number of nitrogens with one attached hydrogen (secondary N) is 1. The molecule has 0 saturated carbocycles. The molecule has 25 heavy (non-hydrogen) atoms. The van der Waals surface area contributed by atoms with E-state index in [9.17, 15) is 4.79 Å². The van der Waals surface area contributed by atoms with E-state index < -0.39 is 0 Å². The Morgan fingerprint density at radius 2 is 1.12 bits per heavy atom. The second-order valence-electron chi connectivity index (χ2n) is 7.26. The molecule has 0 aliphatic carbocycles. The highest BCUT2D eigenvalue weighted by atomic mass is 16.1. The van der Waals surface area contributed by atoms with Crippen LogP contribution >= 0.6 is 0 Å². The normalized spacial score (nSPS) is 10.8. The molecule has 0 atom stereocenters. The third-order valence-electron chi connectivity index (χ3n) is 4.81. The molecule has 0 radical (unpaired) electrons. The Bertz CT molecular complexity index is 415. The van der Waals surface area contributed by atoms with Gasteiger partial charge in [0.15, 0.2) is 0 Å². The summed E-state index contributed by atoms with van der Waals surface area (Å²) in [6.45, 7) is 2.28. The first-order valence-corrected chi connectivity index (χ1v) is 10.7. The highest BCUT2D eigenvalue weighted by molar-refractivity contribution is 5.90. The summed E-state index contributed by atoms with van der Waals surface area (Å²) in [7, 11) is 0. The van der Waals surface area contributed by atoms with Crippen molar-refractivity contribution in [3.8, 4) is 0 Å². The average Bonchev–Trinajstić information content (AvgIpc) is 2.63. The second kappa shape index (κ2) is 16.2. The molecule has 2 nitrogen and oxygen atoms in total. The predicted molar refractivity (Wildman–Crippen MR) is 110 cm³/mol. The summed E-state index contributed by atoms with van der Waals surface area (Å²) < 4.78 is 0. The van der Waals surface area contributed by atoms with Crippen molar-refractivity contribution in [1.82, 2.24) is 0 Å². The van der Waals surface area contributed by atoms with Crippen molar-refractivity contribution in [2.75, 3.05) is 5.32 Å². The molecular formula is C23H39NO. The summed E-state index contributed by atoms with van der Waals surface area (Å²) in [6, 6.07) is 9.72. The first-order chi connectivity index (χ1) is 12.3. The highest BCUT2D eigenvalue weighted by Gasteiger charge is 2.01. The van der Waals surface area contributed by atoms with Gasteiger partial charge < -0.3 is 5.32 Å². The predicted octanol–water partition coefficient (Wildman–Crippen LogP) is 7.50. The number of carbonyl (C=O) groups excluding carboxylic acids is 1. The van der Waals surface area contributed by atoms with Crippen LogP contribution in [0.4, 0.5) is 5.69 Å². The van der Waals surface area contributed by atoms with Crippen molar-refractivity contribution in [3.63, 3.8) is 0 Å². The topological polar surface area (TPSA) is 29.1 Å². The molecule has 1 amide bonds. The zero-order valence-electron chi connectivity index (χ0n) is 16.4. The molecule has 142 valence electrons. The Morgan fingerprint density at radius 3 is 1.60 bits per heavy atom. The van der Waals surface area contributed by atoms with Gasteiger partial charge in [0.25, 0.3) is 0 Å². The molecule has 1 N–H and O–H groups in total. The number of hydrogen-bond acceptors (Lipinski definition) is 1. The molecular weight excluding hydrogens is 306 g/mol. The number of carbonyl (C=O) groups is 1. The standard InChI is InChI=1S/C23H39NO/c1-2-3-4-5-6-7-8-9-10-11-12-13-14-18-21-23(25)24-22-19-16-15-17-20-22/h15-17,19-20H,2-14,18,21H2,1H3,(H,24,25). The quantitative estimate of drug-likeness (QED) is 0.309. The van der Waals surface area contributed by atoms with Gasteiger partial charge in [-0.2, -0.15) is 0 Å². The van der Waals surface area contributed by atoms with Crippen LogP contribution in [0.1, 0.15) is 103 Å². The molecule has 0 aliphatic heterocycles. The summed E-state index contributed by atoms with van der Waals surface area (Å²) in [5.74, 6) is 0.144. The maximum atomic E-state index is 11.8. The van der Waals surface area contributed by atoms with Crippen molar-refractivity contribution >= 4 is 11.6 Å². The van der Waals surface area contributed by atoms with E-state index in [1.165, 1.54) is 83.5 Å². The summed E-state index contributed by atoms with van der Waals surface area (Å²) in [5.41, 5.74) is 0.901. The van der Waals surface area contributed by atoms with Gasteiger partial charge in [0.2, 0.25) is 5.91 Å². The zero-order valence-corrected chi connectivity index (χ0v) is 16.4. The Balaban J connectivity index is 1.79. The summed E-state index contributed by atoms with van der Waals surface area (Å²) in [5, 5.41) is 2.95. The van der Waals surface area contributed by atoms with Crippen LogP contribution in [0.5, 0.6) is 0 Å². The minimum atomic E-state index is 0.144. The van der Waals surface area contributed by atoms with Crippen molar-refractivity contribution in [2.45, 2.75) is 103 Å². The molecule has 1 rings (SSSR count). The third-order valence-corrected chi connectivity index (χ3v) is 4.81. The molecule has 0 unspecified atom stereocenters. The summed E-state index contributed by atoms with van der Waals surface area (Å²) >= 11 is 0. The van der Waals surface area contributed by atoms with Gasteiger partial charge in [-0.15, -0.1) is 0 Å². The van der Waals surface area contributed by atoms with Crippen molar-refractivity contribution < 1.29 is 4.79 Å². The molecule has 0 spiro atoms.